The van der Waals surface area contributed by atoms with Crippen LogP contribution in [0.5, 0.6) is 0 Å². The molecule has 2 aromatic carbocycles. The zero-order valence-corrected chi connectivity index (χ0v) is 12.1. The molecule has 2 rings (SSSR count). The van der Waals surface area contributed by atoms with E-state index >= 15 is 0 Å². The molecular weight excluding hydrogens is 244 g/mol. The predicted octanol–water partition coefficient (Wildman–Crippen LogP) is 5.38. The normalized spacial score (nSPS) is 11.5. The van der Waals surface area contributed by atoms with E-state index in [-0.39, 0.29) is 5.41 Å². The summed E-state index contributed by atoms with van der Waals surface area (Å²) in [6.45, 7) is 6.48. The fourth-order valence-electron chi connectivity index (χ4n) is 1.81. The average molecular weight is 262 g/mol. The lowest BCUT2D eigenvalue weighted by molar-refractivity contribution is 0.590. The third-order valence-corrected chi connectivity index (χ3v) is 3.05. The molecule has 20 heavy (non-hydrogen) atoms. The molecule has 0 aliphatic heterocycles. The number of terminal acetylenes is 1. The van der Waals surface area contributed by atoms with Crippen molar-refractivity contribution in [2.75, 3.05) is 0 Å². The zero-order chi connectivity index (χ0) is 14.6. The maximum absolute atomic E-state index is 5.58. The Morgan fingerprint density at radius 2 is 1.65 bits per heavy atom. The zero-order valence-electron chi connectivity index (χ0n) is 12.1. The van der Waals surface area contributed by atoms with Gasteiger partial charge in [-0.25, -0.2) is 0 Å². The molecule has 0 saturated heterocycles. The van der Waals surface area contributed by atoms with Crippen LogP contribution in [0.3, 0.4) is 0 Å². The first-order chi connectivity index (χ1) is 9.50. The Morgan fingerprint density at radius 1 is 0.950 bits per heavy atom. The highest BCUT2D eigenvalue weighted by Crippen LogP contribution is 2.28. The maximum atomic E-state index is 5.58. The van der Waals surface area contributed by atoms with Crippen molar-refractivity contribution < 1.29 is 0 Å². The van der Waals surface area contributed by atoms with Gasteiger partial charge in [0.25, 0.3) is 0 Å². The molecule has 0 unspecified atom stereocenters. The number of nitrogens with zero attached hydrogens (tertiary/aromatic N) is 2. The van der Waals surface area contributed by atoms with Gasteiger partial charge in [0.15, 0.2) is 0 Å². The molecule has 2 heteroatoms. The minimum Gasteiger partial charge on any atom is -0.151 e. The quantitative estimate of drug-likeness (QED) is 0.512. The van der Waals surface area contributed by atoms with Crippen LogP contribution in [-0.4, -0.2) is 0 Å². The Labute approximate surface area is 120 Å². The molecule has 0 aromatic heterocycles. The first-order valence-corrected chi connectivity index (χ1v) is 6.58. The van der Waals surface area contributed by atoms with Gasteiger partial charge in [0.2, 0.25) is 0 Å². The first kappa shape index (κ1) is 14.0. The van der Waals surface area contributed by atoms with Crippen molar-refractivity contribution in [2.45, 2.75) is 26.2 Å². The van der Waals surface area contributed by atoms with Crippen molar-refractivity contribution in [1.82, 2.24) is 0 Å². The van der Waals surface area contributed by atoms with Crippen LogP contribution in [0, 0.1) is 12.3 Å². The van der Waals surface area contributed by atoms with Crippen LogP contribution in [0.25, 0.3) is 0 Å². The van der Waals surface area contributed by atoms with E-state index in [0.29, 0.717) is 0 Å². The molecule has 0 aliphatic carbocycles. The molecule has 0 aliphatic rings. The fraction of sp³-hybridized carbons (Fsp3) is 0.222. The van der Waals surface area contributed by atoms with E-state index in [1.54, 1.807) is 0 Å². The van der Waals surface area contributed by atoms with E-state index in [4.69, 9.17) is 6.42 Å². The molecular formula is C18H18N2. The van der Waals surface area contributed by atoms with Crippen molar-refractivity contribution in [3.8, 4) is 12.3 Å². The Morgan fingerprint density at radius 3 is 2.25 bits per heavy atom. The molecule has 2 aromatic rings. The summed E-state index contributed by atoms with van der Waals surface area (Å²) in [6.07, 6.45) is 5.58. The Bertz CT molecular complexity index is 656. The van der Waals surface area contributed by atoms with Gasteiger partial charge in [0, 0.05) is 0 Å². The number of azo groups is 1. The lowest BCUT2D eigenvalue weighted by Crippen LogP contribution is -2.10. The second-order valence-corrected chi connectivity index (χ2v) is 5.66. The minimum atomic E-state index is 0.0701. The number of benzene rings is 2. The number of hydrogen-bond acceptors (Lipinski definition) is 2. The van der Waals surface area contributed by atoms with Gasteiger partial charge < -0.3 is 0 Å². The van der Waals surface area contributed by atoms with E-state index in [1.165, 1.54) is 5.56 Å². The average Bonchev–Trinajstić information content (AvgIpc) is 2.45. The molecule has 0 radical (unpaired) electrons. The Hall–Kier alpha value is -2.40. The summed E-state index contributed by atoms with van der Waals surface area (Å²) in [5, 5.41) is 8.46. The van der Waals surface area contributed by atoms with Crippen molar-refractivity contribution >= 4 is 11.4 Å². The Balaban J connectivity index is 2.34. The smallest absolute Gasteiger partial charge is 0.101 e. The molecule has 0 amide bonds. The molecule has 0 N–H and O–H groups in total. The van der Waals surface area contributed by atoms with E-state index < -0.39 is 0 Å². The first-order valence-electron chi connectivity index (χ1n) is 6.58. The highest BCUT2D eigenvalue weighted by molar-refractivity contribution is 5.56. The van der Waals surface area contributed by atoms with Crippen molar-refractivity contribution in [3.63, 3.8) is 0 Å². The summed E-state index contributed by atoms with van der Waals surface area (Å²) in [7, 11) is 0. The highest BCUT2D eigenvalue weighted by atomic mass is 15.1. The van der Waals surface area contributed by atoms with Gasteiger partial charge in [0.05, 0.1) is 11.3 Å². The molecule has 0 atom stereocenters. The van der Waals surface area contributed by atoms with Crippen LogP contribution in [-0.2, 0) is 5.41 Å². The largest absolute Gasteiger partial charge is 0.151 e. The lowest BCUT2D eigenvalue weighted by Gasteiger charge is -2.19. The van der Waals surface area contributed by atoms with E-state index in [1.807, 2.05) is 42.5 Å². The van der Waals surface area contributed by atoms with E-state index in [2.05, 4.69) is 43.0 Å². The van der Waals surface area contributed by atoms with Crippen LogP contribution in [0.4, 0.5) is 11.4 Å². The van der Waals surface area contributed by atoms with Crippen LogP contribution in [0.15, 0.2) is 58.8 Å². The second kappa shape index (κ2) is 5.71. The van der Waals surface area contributed by atoms with E-state index in [0.717, 1.165) is 16.9 Å². The van der Waals surface area contributed by atoms with Crippen molar-refractivity contribution in [3.05, 3.63) is 59.7 Å². The molecule has 0 spiro atoms. The van der Waals surface area contributed by atoms with Crippen LogP contribution in [0.1, 0.15) is 31.9 Å². The predicted molar refractivity (Wildman–Crippen MR) is 83.7 cm³/mol. The van der Waals surface area contributed by atoms with Crippen molar-refractivity contribution in [1.29, 1.82) is 0 Å². The summed E-state index contributed by atoms with van der Waals surface area (Å²) in [6, 6.07) is 15.6. The summed E-state index contributed by atoms with van der Waals surface area (Å²) < 4.78 is 0. The van der Waals surface area contributed by atoms with Gasteiger partial charge in [-0.1, -0.05) is 51.0 Å². The van der Waals surface area contributed by atoms with Crippen molar-refractivity contribution in [2.24, 2.45) is 10.2 Å². The lowest BCUT2D eigenvalue weighted by atomic mass is 9.86. The van der Waals surface area contributed by atoms with E-state index in [9.17, 15) is 0 Å². The topological polar surface area (TPSA) is 24.7 Å². The summed E-state index contributed by atoms with van der Waals surface area (Å²) in [5.41, 5.74) is 3.58. The van der Waals surface area contributed by atoms with Gasteiger partial charge in [-0.05, 0) is 35.2 Å². The van der Waals surface area contributed by atoms with Gasteiger partial charge >= 0.3 is 0 Å². The molecule has 2 nitrogen and oxygen atoms in total. The standard InChI is InChI=1S/C18H18N2/c1-5-14-13-15(18(2,3)4)11-12-17(14)20-19-16-9-7-6-8-10-16/h1,6-13H,2-4H3. The highest BCUT2D eigenvalue weighted by Gasteiger charge is 2.14. The number of hydrogen-bond donors (Lipinski definition) is 0. The molecule has 100 valence electrons. The van der Waals surface area contributed by atoms with Crippen LogP contribution < -0.4 is 0 Å². The monoisotopic (exact) mass is 262 g/mol. The second-order valence-electron chi connectivity index (χ2n) is 5.66. The Kier molecular flexibility index (Phi) is 4.00. The summed E-state index contributed by atoms with van der Waals surface area (Å²) in [5.74, 6) is 2.69. The third-order valence-electron chi connectivity index (χ3n) is 3.05. The van der Waals surface area contributed by atoms with Gasteiger partial charge in [-0.2, -0.15) is 5.11 Å². The fourth-order valence-corrected chi connectivity index (χ4v) is 1.81. The number of rotatable bonds is 2. The summed E-state index contributed by atoms with van der Waals surface area (Å²) in [4.78, 5) is 0. The molecule has 0 fully saturated rings. The van der Waals surface area contributed by atoms with Crippen LogP contribution >= 0.6 is 0 Å². The molecule has 0 saturated carbocycles. The SMILES string of the molecule is C#Cc1cc(C(C)(C)C)ccc1N=Nc1ccccc1. The third kappa shape index (κ3) is 3.33. The summed E-state index contributed by atoms with van der Waals surface area (Å²) >= 11 is 0. The molecule has 0 heterocycles. The van der Waals surface area contributed by atoms with Gasteiger partial charge in [0.1, 0.15) is 5.69 Å². The molecule has 0 bridgehead atoms. The van der Waals surface area contributed by atoms with Gasteiger partial charge in [-0.15, -0.1) is 11.5 Å². The minimum absolute atomic E-state index is 0.0701. The van der Waals surface area contributed by atoms with Crippen LogP contribution in [0.2, 0.25) is 0 Å². The van der Waals surface area contributed by atoms with Gasteiger partial charge in [-0.3, -0.25) is 0 Å². The maximum Gasteiger partial charge on any atom is 0.101 e.